The SMILES string of the molecule is CC(C)c1ccc(-c2nnn(CC(=O)Nc3ccc(F)c(F)c3)n2)cc1. The van der Waals surface area contributed by atoms with Crippen LogP contribution in [0.15, 0.2) is 42.5 Å². The second kappa shape index (κ2) is 7.38. The molecule has 0 radical (unpaired) electrons. The summed E-state index contributed by atoms with van der Waals surface area (Å²) >= 11 is 0. The molecule has 2 aromatic carbocycles. The zero-order chi connectivity index (χ0) is 18.7. The molecule has 3 rings (SSSR count). The molecule has 0 unspecified atom stereocenters. The van der Waals surface area contributed by atoms with Gasteiger partial charge < -0.3 is 5.32 Å². The van der Waals surface area contributed by atoms with Gasteiger partial charge in [-0.2, -0.15) is 4.80 Å². The van der Waals surface area contributed by atoms with Gasteiger partial charge in [0.05, 0.1) is 0 Å². The van der Waals surface area contributed by atoms with Crippen LogP contribution in [0, 0.1) is 11.6 Å². The highest BCUT2D eigenvalue weighted by atomic mass is 19.2. The standard InChI is InChI=1S/C18H17F2N5O/c1-11(2)12-3-5-13(6-4-12)18-22-24-25(23-18)10-17(26)21-14-7-8-15(19)16(20)9-14/h3-9,11H,10H2,1-2H3,(H,21,26). The van der Waals surface area contributed by atoms with Crippen LogP contribution in [0.3, 0.4) is 0 Å². The molecule has 0 spiro atoms. The Morgan fingerprint density at radius 3 is 2.50 bits per heavy atom. The van der Waals surface area contributed by atoms with E-state index in [1.807, 2.05) is 24.3 Å². The molecule has 0 bridgehead atoms. The maximum Gasteiger partial charge on any atom is 0.248 e. The smallest absolute Gasteiger partial charge is 0.248 e. The molecule has 0 aliphatic carbocycles. The second-order valence-electron chi connectivity index (χ2n) is 6.10. The molecule has 0 fully saturated rings. The number of rotatable bonds is 5. The number of nitrogens with zero attached hydrogens (tertiary/aromatic N) is 4. The van der Waals surface area contributed by atoms with E-state index in [1.165, 1.54) is 11.6 Å². The third kappa shape index (κ3) is 4.08. The number of anilines is 1. The summed E-state index contributed by atoms with van der Waals surface area (Å²) in [4.78, 5) is 13.1. The van der Waals surface area contributed by atoms with E-state index in [4.69, 9.17) is 0 Å². The Bertz CT molecular complexity index is 922. The van der Waals surface area contributed by atoms with E-state index in [-0.39, 0.29) is 12.2 Å². The van der Waals surface area contributed by atoms with Crippen molar-refractivity contribution in [2.45, 2.75) is 26.3 Å². The van der Waals surface area contributed by atoms with Crippen molar-refractivity contribution in [2.24, 2.45) is 0 Å². The average molecular weight is 357 g/mol. The van der Waals surface area contributed by atoms with Crippen LogP contribution in [-0.2, 0) is 11.3 Å². The van der Waals surface area contributed by atoms with Crippen LogP contribution in [-0.4, -0.2) is 26.1 Å². The number of nitrogens with one attached hydrogen (secondary N) is 1. The van der Waals surface area contributed by atoms with E-state index in [2.05, 4.69) is 34.6 Å². The molecular formula is C18H17F2N5O. The molecule has 1 amide bonds. The van der Waals surface area contributed by atoms with Crippen molar-refractivity contribution in [2.75, 3.05) is 5.32 Å². The molecule has 0 saturated heterocycles. The van der Waals surface area contributed by atoms with Gasteiger partial charge in [0.15, 0.2) is 11.6 Å². The Morgan fingerprint density at radius 1 is 1.12 bits per heavy atom. The van der Waals surface area contributed by atoms with Crippen LogP contribution in [0.25, 0.3) is 11.4 Å². The molecule has 8 heteroatoms. The van der Waals surface area contributed by atoms with Crippen LogP contribution in [0.2, 0.25) is 0 Å². The fraction of sp³-hybridized carbons (Fsp3) is 0.222. The molecule has 0 aliphatic heterocycles. The Morgan fingerprint density at radius 2 is 1.85 bits per heavy atom. The summed E-state index contributed by atoms with van der Waals surface area (Å²) in [5, 5.41) is 14.4. The minimum atomic E-state index is -1.03. The number of amides is 1. The summed E-state index contributed by atoms with van der Waals surface area (Å²) < 4.78 is 26.1. The van der Waals surface area contributed by atoms with Gasteiger partial charge in [-0.15, -0.1) is 10.2 Å². The van der Waals surface area contributed by atoms with Gasteiger partial charge in [0.1, 0.15) is 6.54 Å². The summed E-state index contributed by atoms with van der Waals surface area (Å²) in [5.41, 5.74) is 2.15. The minimum absolute atomic E-state index is 0.151. The highest BCUT2D eigenvalue weighted by Gasteiger charge is 2.11. The highest BCUT2D eigenvalue weighted by Crippen LogP contribution is 2.19. The van der Waals surface area contributed by atoms with Crippen molar-refractivity contribution in [3.63, 3.8) is 0 Å². The zero-order valence-electron chi connectivity index (χ0n) is 14.3. The number of aromatic nitrogens is 4. The maximum atomic E-state index is 13.2. The quantitative estimate of drug-likeness (QED) is 0.760. The number of halogens is 2. The molecule has 1 N–H and O–H groups in total. The number of tetrazole rings is 1. The highest BCUT2D eigenvalue weighted by molar-refractivity contribution is 5.90. The summed E-state index contributed by atoms with van der Waals surface area (Å²) in [6.07, 6.45) is 0. The van der Waals surface area contributed by atoms with E-state index in [0.29, 0.717) is 11.7 Å². The van der Waals surface area contributed by atoms with Crippen LogP contribution < -0.4 is 5.32 Å². The Hall–Kier alpha value is -3.16. The van der Waals surface area contributed by atoms with Crippen molar-refractivity contribution < 1.29 is 13.6 Å². The number of hydrogen-bond acceptors (Lipinski definition) is 4. The van der Waals surface area contributed by atoms with Gasteiger partial charge in [0.25, 0.3) is 0 Å². The average Bonchev–Trinajstić information content (AvgIpc) is 3.06. The number of hydrogen-bond donors (Lipinski definition) is 1. The number of carbonyl (C=O) groups is 1. The minimum Gasteiger partial charge on any atom is -0.324 e. The lowest BCUT2D eigenvalue weighted by atomic mass is 10.0. The van der Waals surface area contributed by atoms with Gasteiger partial charge in [-0.05, 0) is 28.8 Å². The van der Waals surface area contributed by atoms with E-state index in [0.717, 1.165) is 22.5 Å². The molecule has 0 saturated carbocycles. The first-order valence-electron chi connectivity index (χ1n) is 8.05. The van der Waals surface area contributed by atoms with Gasteiger partial charge in [-0.1, -0.05) is 38.1 Å². The summed E-state index contributed by atoms with van der Waals surface area (Å²) in [6, 6.07) is 10.9. The van der Waals surface area contributed by atoms with Gasteiger partial charge in [-0.3, -0.25) is 4.79 Å². The Kier molecular flexibility index (Phi) is 5.01. The Balaban J connectivity index is 1.65. The van der Waals surface area contributed by atoms with Crippen LogP contribution in [0.1, 0.15) is 25.3 Å². The molecule has 1 aromatic heterocycles. The fourth-order valence-corrected chi connectivity index (χ4v) is 2.35. The van der Waals surface area contributed by atoms with Crippen LogP contribution in [0.4, 0.5) is 14.5 Å². The molecule has 3 aromatic rings. The van der Waals surface area contributed by atoms with Gasteiger partial charge in [0, 0.05) is 17.3 Å². The molecular weight excluding hydrogens is 340 g/mol. The first-order chi connectivity index (χ1) is 12.4. The van der Waals surface area contributed by atoms with Crippen molar-refractivity contribution in [3.05, 3.63) is 59.7 Å². The molecule has 0 atom stereocenters. The topological polar surface area (TPSA) is 72.7 Å². The lowest BCUT2D eigenvalue weighted by Gasteiger charge is -2.05. The summed E-state index contributed by atoms with van der Waals surface area (Å²) in [7, 11) is 0. The molecule has 1 heterocycles. The lowest BCUT2D eigenvalue weighted by molar-refractivity contribution is -0.117. The first kappa shape index (κ1) is 17.7. The number of carbonyl (C=O) groups excluding carboxylic acids is 1. The predicted molar refractivity (Wildman–Crippen MR) is 92.3 cm³/mol. The van der Waals surface area contributed by atoms with E-state index < -0.39 is 17.5 Å². The van der Waals surface area contributed by atoms with Gasteiger partial charge >= 0.3 is 0 Å². The third-order valence-corrected chi connectivity index (χ3v) is 3.78. The molecule has 0 aliphatic rings. The molecule has 134 valence electrons. The van der Waals surface area contributed by atoms with E-state index in [1.54, 1.807) is 0 Å². The van der Waals surface area contributed by atoms with Crippen molar-refractivity contribution in [3.8, 4) is 11.4 Å². The van der Waals surface area contributed by atoms with E-state index in [9.17, 15) is 13.6 Å². The van der Waals surface area contributed by atoms with Crippen molar-refractivity contribution >= 4 is 11.6 Å². The Labute approximate surface area is 148 Å². The van der Waals surface area contributed by atoms with Gasteiger partial charge in [0.2, 0.25) is 11.7 Å². The maximum absolute atomic E-state index is 13.2. The second-order valence-corrected chi connectivity index (χ2v) is 6.10. The number of benzene rings is 2. The summed E-state index contributed by atoms with van der Waals surface area (Å²) in [6.45, 7) is 4.01. The predicted octanol–water partition coefficient (Wildman–Crippen LogP) is 3.38. The molecule has 6 nitrogen and oxygen atoms in total. The van der Waals surface area contributed by atoms with Crippen LogP contribution >= 0.6 is 0 Å². The third-order valence-electron chi connectivity index (χ3n) is 3.78. The lowest BCUT2D eigenvalue weighted by Crippen LogP contribution is -2.20. The van der Waals surface area contributed by atoms with Crippen LogP contribution in [0.5, 0.6) is 0 Å². The monoisotopic (exact) mass is 357 g/mol. The van der Waals surface area contributed by atoms with Gasteiger partial charge in [-0.25, -0.2) is 8.78 Å². The van der Waals surface area contributed by atoms with Crippen molar-refractivity contribution in [1.82, 2.24) is 20.2 Å². The van der Waals surface area contributed by atoms with Crippen molar-refractivity contribution in [1.29, 1.82) is 0 Å². The summed E-state index contributed by atoms with van der Waals surface area (Å²) in [5.74, 6) is -1.66. The largest absolute Gasteiger partial charge is 0.324 e. The molecule has 26 heavy (non-hydrogen) atoms. The fourth-order valence-electron chi connectivity index (χ4n) is 2.35. The van der Waals surface area contributed by atoms with E-state index >= 15 is 0 Å². The zero-order valence-corrected chi connectivity index (χ0v) is 14.3. The first-order valence-corrected chi connectivity index (χ1v) is 8.05. The normalized spacial score (nSPS) is 11.0.